The molecule has 0 bridgehead atoms. The first kappa shape index (κ1) is 12.3. The van der Waals surface area contributed by atoms with Crippen LogP contribution in [0.2, 0.25) is 0 Å². The molecule has 1 heterocycles. The van der Waals surface area contributed by atoms with Crippen molar-refractivity contribution in [2.45, 2.75) is 25.4 Å². The Kier molecular flexibility index (Phi) is 4.38. The highest BCUT2D eigenvalue weighted by Gasteiger charge is 2.27. The zero-order chi connectivity index (χ0) is 11.3. The van der Waals surface area contributed by atoms with Gasteiger partial charge in [-0.2, -0.15) is 13.2 Å². The summed E-state index contributed by atoms with van der Waals surface area (Å²) in [6.07, 6.45) is -2.39. The molecule has 88 valence electrons. The van der Waals surface area contributed by atoms with Crippen LogP contribution in [0.3, 0.4) is 0 Å². The Morgan fingerprint density at radius 1 is 1.47 bits per heavy atom. The third-order valence-corrected chi connectivity index (χ3v) is 2.27. The lowest BCUT2D eigenvalue weighted by atomic mass is 10.0. The number of carbonyl (C=O) groups is 1. The normalized spacial score (nSPS) is 21.8. The highest BCUT2D eigenvalue weighted by Crippen LogP contribution is 2.17. The minimum atomic E-state index is -4.26. The van der Waals surface area contributed by atoms with E-state index < -0.39 is 12.8 Å². The molecule has 1 amide bonds. The Hall–Kier alpha value is -0.780. The zero-order valence-corrected chi connectivity index (χ0v) is 8.27. The summed E-state index contributed by atoms with van der Waals surface area (Å²) in [6.45, 7) is -0.472. The van der Waals surface area contributed by atoms with Crippen LogP contribution in [0.5, 0.6) is 0 Å². The molecule has 0 aromatic heterocycles. The van der Waals surface area contributed by atoms with Gasteiger partial charge in [-0.05, 0) is 19.3 Å². The molecule has 1 N–H and O–H groups in total. The monoisotopic (exact) mass is 225 g/mol. The fourth-order valence-corrected chi connectivity index (χ4v) is 1.54. The molecule has 1 rings (SSSR count). The molecule has 0 aliphatic carbocycles. The summed E-state index contributed by atoms with van der Waals surface area (Å²) < 4.78 is 39.4. The molecule has 1 unspecified atom stereocenters. The van der Waals surface area contributed by atoms with Gasteiger partial charge in [-0.25, -0.2) is 0 Å². The van der Waals surface area contributed by atoms with Crippen LogP contribution in [0.15, 0.2) is 0 Å². The summed E-state index contributed by atoms with van der Waals surface area (Å²) in [5.74, 6) is -0.0368. The van der Waals surface area contributed by atoms with E-state index in [9.17, 15) is 18.0 Å². The van der Waals surface area contributed by atoms with Crippen LogP contribution in [0, 0.1) is 5.92 Å². The van der Waals surface area contributed by atoms with Crippen molar-refractivity contribution in [2.75, 3.05) is 19.8 Å². The van der Waals surface area contributed by atoms with Crippen LogP contribution >= 0.6 is 0 Å². The van der Waals surface area contributed by atoms with Gasteiger partial charge in [0, 0.05) is 19.1 Å². The fraction of sp³-hybridized carbons (Fsp3) is 0.889. The van der Waals surface area contributed by atoms with Crippen molar-refractivity contribution < 1.29 is 22.7 Å². The maximum Gasteiger partial charge on any atom is 0.411 e. The molecular formula is C9H14F3NO2. The predicted molar refractivity (Wildman–Crippen MR) is 47.2 cm³/mol. The van der Waals surface area contributed by atoms with Crippen LogP contribution in [-0.4, -0.2) is 31.8 Å². The number of rotatable bonds is 5. The molecule has 1 fully saturated rings. The third kappa shape index (κ3) is 5.01. The Morgan fingerprint density at radius 2 is 2.20 bits per heavy atom. The van der Waals surface area contributed by atoms with Gasteiger partial charge >= 0.3 is 6.18 Å². The SMILES string of the molecule is O=C1NCCC1CCCOCC(F)(F)F. The largest absolute Gasteiger partial charge is 0.411 e. The standard InChI is InChI=1S/C9H14F3NO2/c10-9(11,12)6-15-5-1-2-7-3-4-13-8(7)14/h7H,1-6H2,(H,13,14). The quantitative estimate of drug-likeness (QED) is 0.720. The molecule has 6 heteroatoms. The van der Waals surface area contributed by atoms with Crippen molar-refractivity contribution in [1.82, 2.24) is 5.32 Å². The molecular weight excluding hydrogens is 211 g/mol. The topological polar surface area (TPSA) is 38.3 Å². The minimum Gasteiger partial charge on any atom is -0.372 e. The van der Waals surface area contributed by atoms with Gasteiger partial charge in [-0.15, -0.1) is 0 Å². The molecule has 15 heavy (non-hydrogen) atoms. The highest BCUT2D eigenvalue weighted by molar-refractivity contribution is 5.80. The Bertz CT molecular complexity index is 218. The summed E-state index contributed by atoms with van der Waals surface area (Å²) in [6, 6.07) is 0. The summed E-state index contributed by atoms with van der Waals surface area (Å²) in [5, 5.41) is 2.68. The minimum absolute atomic E-state index is 0.00539. The van der Waals surface area contributed by atoms with Crippen LogP contribution < -0.4 is 5.32 Å². The van der Waals surface area contributed by atoms with E-state index in [2.05, 4.69) is 10.1 Å². The van der Waals surface area contributed by atoms with Gasteiger partial charge in [0.05, 0.1) is 0 Å². The van der Waals surface area contributed by atoms with E-state index in [0.717, 1.165) is 6.42 Å². The van der Waals surface area contributed by atoms with Crippen LogP contribution in [0.1, 0.15) is 19.3 Å². The number of nitrogens with one attached hydrogen (secondary N) is 1. The van der Waals surface area contributed by atoms with Crippen molar-refractivity contribution in [3.8, 4) is 0 Å². The second kappa shape index (κ2) is 5.34. The van der Waals surface area contributed by atoms with Crippen molar-refractivity contribution >= 4 is 5.91 Å². The van der Waals surface area contributed by atoms with E-state index in [1.165, 1.54) is 0 Å². The summed E-state index contributed by atoms with van der Waals surface area (Å²) in [5.41, 5.74) is 0. The first-order chi connectivity index (χ1) is 6.99. The second-order valence-corrected chi connectivity index (χ2v) is 3.59. The number of carbonyl (C=O) groups excluding carboxylic acids is 1. The van der Waals surface area contributed by atoms with Gasteiger partial charge in [0.1, 0.15) is 6.61 Å². The Balaban J connectivity index is 2.00. The first-order valence-electron chi connectivity index (χ1n) is 4.91. The van der Waals surface area contributed by atoms with Crippen molar-refractivity contribution in [3.63, 3.8) is 0 Å². The predicted octanol–water partition coefficient (Wildman–Crippen LogP) is 1.48. The van der Waals surface area contributed by atoms with Crippen molar-refractivity contribution in [1.29, 1.82) is 0 Å². The smallest absolute Gasteiger partial charge is 0.372 e. The summed E-state index contributed by atoms with van der Waals surface area (Å²) in [7, 11) is 0. The van der Waals surface area contributed by atoms with Gasteiger partial charge in [-0.1, -0.05) is 0 Å². The van der Waals surface area contributed by atoms with E-state index in [1.54, 1.807) is 0 Å². The number of halogens is 3. The lowest BCUT2D eigenvalue weighted by molar-refractivity contribution is -0.174. The number of hydrogen-bond acceptors (Lipinski definition) is 2. The van der Waals surface area contributed by atoms with Gasteiger partial charge in [-0.3, -0.25) is 4.79 Å². The maximum atomic E-state index is 11.7. The molecule has 3 nitrogen and oxygen atoms in total. The fourth-order valence-electron chi connectivity index (χ4n) is 1.54. The number of ether oxygens (including phenoxy) is 1. The number of amides is 1. The molecule has 1 aliphatic heterocycles. The molecule has 1 saturated heterocycles. The molecule has 0 aromatic carbocycles. The van der Waals surface area contributed by atoms with Crippen molar-refractivity contribution in [2.24, 2.45) is 5.92 Å². The lowest BCUT2D eigenvalue weighted by Crippen LogP contribution is -2.20. The Labute approximate surface area is 86.0 Å². The van der Waals surface area contributed by atoms with Gasteiger partial charge in [0.25, 0.3) is 0 Å². The number of alkyl halides is 3. The van der Waals surface area contributed by atoms with Gasteiger partial charge in [0.15, 0.2) is 0 Å². The van der Waals surface area contributed by atoms with E-state index in [-0.39, 0.29) is 18.4 Å². The van der Waals surface area contributed by atoms with Crippen LogP contribution in [0.25, 0.3) is 0 Å². The van der Waals surface area contributed by atoms with E-state index in [0.29, 0.717) is 19.4 Å². The van der Waals surface area contributed by atoms with E-state index >= 15 is 0 Å². The lowest BCUT2D eigenvalue weighted by Gasteiger charge is -2.09. The average molecular weight is 225 g/mol. The summed E-state index contributed by atoms with van der Waals surface area (Å²) >= 11 is 0. The molecule has 1 atom stereocenters. The van der Waals surface area contributed by atoms with Crippen molar-refractivity contribution in [3.05, 3.63) is 0 Å². The second-order valence-electron chi connectivity index (χ2n) is 3.59. The summed E-state index contributed by atoms with van der Waals surface area (Å²) in [4.78, 5) is 11.1. The van der Waals surface area contributed by atoms with E-state index in [4.69, 9.17) is 0 Å². The first-order valence-corrected chi connectivity index (χ1v) is 4.91. The molecule has 1 aliphatic rings. The van der Waals surface area contributed by atoms with Crippen LogP contribution in [0.4, 0.5) is 13.2 Å². The van der Waals surface area contributed by atoms with Gasteiger partial charge in [0.2, 0.25) is 5.91 Å². The Morgan fingerprint density at radius 3 is 2.73 bits per heavy atom. The maximum absolute atomic E-state index is 11.7. The van der Waals surface area contributed by atoms with Crippen LogP contribution in [-0.2, 0) is 9.53 Å². The molecule has 0 saturated carbocycles. The zero-order valence-electron chi connectivity index (χ0n) is 8.27. The van der Waals surface area contributed by atoms with E-state index in [1.807, 2.05) is 0 Å². The third-order valence-electron chi connectivity index (χ3n) is 2.27. The highest BCUT2D eigenvalue weighted by atomic mass is 19.4. The molecule has 0 spiro atoms. The number of hydrogen-bond donors (Lipinski definition) is 1. The molecule has 0 aromatic rings. The molecule has 0 radical (unpaired) electrons. The van der Waals surface area contributed by atoms with Gasteiger partial charge < -0.3 is 10.1 Å². The average Bonchev–Trinajstić information content (AvgIpc) is 2.49.